The minimum atomic E-state index is -0.178. The van der Waals surface area contributed by atoms with Crippen LogP contribution in [0.15, 0.2) is 24.3 Å². The van der Waals surface area contributed by atoms with Crippen LogP contribution in [-0.4, -0.2) is 68.8 Å². The summed E-state index contributed by atoms with van der Waals surface area (Å²) >= 11 is 0. The second-order valence-electron chi connectivity index (χ2n) is 6.72. The number of benzene rings is 1. The lowest BCUT2D eigenvalue weighted by Gasteiger charge is -2.39. The maximum absolute atomic E-state index is 12.2. The molecular formula is C18H30N4O2. The van der Waals surface area contributed by atoms with Crippen molar-refractivity contribution in [3.05, 3.63) is 24.3 Å². The van der Waals surface area contributed by atoms with E-state index in [-0.39, 0.29) is 6.03 Å². The molecule has 1 aliphatic heterocycles. The van der Waals surface area contributed by atoms with Crippen molar-refractivity contribution in [1.29, 1.82) is 0 Å². The number of urea groups is 1. The highest BCUT2D eigenvalue weighted by molar-refractivity contribution is 5.89. The average molecular weight is 334 g/mol. The average Bonchev–Trinajstić information content (AvgIpc) is 2.56. The topological polar surface area (TPSA) is 56.8 Å². The maximum Gasteiger partial charge on any atom is 0.319 e. The van der Waals surface area contributed by atoms with E-state index >= 15 is 0 Å². The molecule has 1 saturated heterocycles. The molecule has 1 heterocycles. The lowest BCUT2D eigenvalue weighted by molar-refractivity contribution is 0.0890. The fraction of sp³-hybridized carbons (Fsp3) is 0.611. The Morgan fingerprint density at radius 1 is 1.25 bits per heavy atom. The van der Waals surface area contributed by atoms with Crippen LogP contribution in [0.1, 0.15) is 13.8 Å². The van der Waals surface area contributed by atoms with Gasteiger partial charge in [0.1, 0.15) is 5.75 Å². The van der Waals surface area contributed by atoms with E-state index < -0.39 is 0 Å². The molecule has 0 spiro atoms. The number of methoxy groups -OCH3 is 1. The summed E-state index contributed by atoms with van der Waals surface area (Å²) in [5.41, 5.74) is 0.729. The Bertz CT molecular complexity index is 528. The highest BCUT2D eigenvalue weighted by Crippen LogP contribution is 2.17. The molecule has 1 aromatic rings. The third-order valence-corrected chi connectivity index (χ3v) is 4.58. The number of ether oxygens (including phenoxy) is 1. The molecule has 6 heteroatoms. The van der Waals surface area contributed by atoms with Crippen LogP contribution in [0.4, 0.5) is 10.5 Å². The predicted molar refractivity (Wildman–Crippen MR) is 97.7 cm³/mol. The normalized spacial score (nSPS) is 17.5. The van der Waals surface area contributed by atoms with E-state index in [4.69, 9.17) is 4.74 Å². The minimum Gasteiger partial charge on any atom is -0.497 e. The lowest BCUT2D eigenvalue weighted by atomic mass is 10.0. The van der Waals surface area contributed by atoms with E-state index in [0.29, 0.717) is 18.5 Å². The largest absolute Gasteiger partial charge is 0.497 e. The number of anilines is 1. The van der Waals surface area contributed by atoms with Gasteiger partial charge in [-0.25, -0.2) is 4.79 Å². The predicted octanol–water partition coefficient (Wildman–Crippen LogP) is 2.09. The van der Waals surface area contributed by atoms with Crippen LogP contribution in [-0.2, 0) is 0 Å². The number of hydrogen-bond acceptors (Lipinski definition) is 4. The molecule has 1 aliphatic rings. The number of carbonyl (C=O) groups excluding carboxylic acids is 1. The zero-order valence-corrected chi connectivity index (χ0v) is 15.2. The van der Waals surface area contributed by atoms with Crippen molar-refractivity contribution in [1.82, 2.24) is 15.1 Å². The summed E-state index contributed by atoms with van der Waals surface area (Å²) in [6.07, 6.45) is 0. The van der Waals surface area contributed by atoms with Gasteiger partial charge < -0.3 is 20.3 Å². The van der Waals surface area contributed by atoms with E-state index in [1.54, 1.807) is 13.2 Å². The molecule has 0 bridgehead atoms. The van der Waals surface area contributed by atoms with Crippen molar-refractivity contribution in [2.75, 3.05) is 52.2 Å². The van der Waals surface area contributed by atoms with Crippen LogP contribution < -0.4 is 15.4 Å². The summed E-state index contributed by atoms with van der Waals surface area (Å²) in [5.74, 6) is 1.22. The molecule has 24 heavy (non-hydrogen) atoms. The molecule has 0 saturated carbocycles. The highest BCUT2D eigenvalue weighted by Gasteiger charge is 2.25. The number of piperazine rings is 1. The van der Waals surface area contributed by atoms with E-state index in [1.807, 2.05) is 18.2 Å². The number of nitrogens with one attached hydrogen (secondary N) is 2. The first-order valence-corrected chi connectivity index (χ1v) is 8.61. The first-order chi connectivity index (χ1) is 11.5. The Morgan fingerprint density at radius 2 is 1.96 bits per heavy atom. The lowest BCUT2D eigenvalue weighted by Crippen LogP contribution is -2.54. The Kier molecular flexibility index (Phi) is 6.87. The van der Waals surface area contributed by atoms with Gasteiger partial charge in [-0.1, -0.05) is 19.9 Å². The second-order valence-corrected chi connectivity index (χ2v) is 6.72. The molecule has 1 atom stereocenters. The summed E-state index contributed by atoms with van der Waals surface area (Å²) in [7, 11) is 3.77. The van der Waals surface area contributed by atoms with E-state index in [1.165, 1.54) is 0 Å². The Hall–Kier alpha value is -1.79. The molecule has 1 fully saturated rings. The first kappa shape index (κ1) is 18.5. The van der Waals surface area contributed by atoms with Crippen LogP contribution in [0, 0.1) is 5.92 Å². The van der Waals surface area contributed by atoms with Crippen LogP contribution in [0.2, 0.25) is 0 Å². The third-order valence-electron chi connectivity index (χ3n) is 4.58. The van der Waals surface area contributed by atoms with Gasteiger partial charge in [0.2, 0.25) is 0 Å². The van der Waals surface area contributed by atoms with Gasteiger partial charge in [-0.15, -0.1) is 0 Å². The smallest absolute Gasteiger partial charge is 0.319 e. The number of amides is 2. The van der Waals surface area contributed by atoms with Gasteiger partial charge in [-0.2, -0.15) is 0 Å². The molecule has 134 valence electrons. The third kappa shape index (κ3) is 5.39. The monoisotopic (exact) mass is 334 g/mol. The zero-order valence-electron chi connectivity index (χ0n) is 15.2. The maximum atomic E-state index is 12.2. The molecule has 2 N–H and O–H groups in total. The van der Waals surface area contributed by atoms with Gasteiger partial charge in [0.15, 0.2) is 0 Å². The number of likely N-dealkylation sites (N-methyl/N-ethyl adjacent to an activating group) is 1. The first-order valence-electron chi connectivity index (χ1n) is 8.61. The molecule has 0 unspecified atom stereocenters. The SMILES string of the molecule is COc1cccc(NC(=O)NC[C@@H](C(C)C)N2CCN(C)CC2)c1. The van der Waals surface area contributed by atoms with Crippen molar-refractivity contribution >= 4 is 11.7 Å². The van der Waals surface area contributed by atoms with Crippen molar-refractivity contribution in [2.24, 2.45) is 5.92 Å². The number of hydrogen-bond donors (Lipinski definition) is 2. The number of carbonyl (C=O) groups is 1. The summed E-state index contributed by atoms with van der Waals surface area (Å²) in [5, 5.41) is 5.88. The summed E-state index contributed by atoms with van der Waals surface area (Å²) in [6.45, 7) is 9.35. The van der Waals surface area contributed by atoms with Crippen molar-refractivity contribution in [2.45, 2.75) is 19.9 Å². The van der Waals surface area contributed by atoms with Crippen molar-refractivity contribution in [3.63, 3.8) is 0 Å². The molecule has 2 amide bonds. The Morgan fingerprint density at radius 3 is 2.58 bits per heavy atom. The summed E-state index contributed by atoms with van der Waals surface area (Å²) in [6, 6.07) is 7.54. The Balaban J connectivity index is 1.85. The van der Waals surface area contributed by atoms with Crippen LogP contribution in [0.25, 0.3) is 0 Å². The number of rotatable bonds is 6. The minimum absolute atomic E-state index is 0.178. The van der Waals surface area contributed by atoms with Crippen LogP contribution >= 0.6 is 0 Å². The van der Waals surface area contributed by atoms with Crippen molar-refractivity contribution in [3.8, 4) is 5.75 Å². The van der Waals surface area contributed by atoms with Gasteiger partial charge >= 0.3 is 6.03 Å². The van der Waals surface area contributed by atoms with E-state index in [0.717, 1.165) is 37.6 Å². The molecule has 6 nitrogen and oxygen atoms in total. The molecule has 0 aromatic heterocycles. The van der Waals surface area contributed by atoms with E-state index in [9.17, 15) is 4.79 Å². The van der Waals surface area contributed by atoms with E-state index in [2.05, 4.69) is 41.3 Å². The van der Waals surface area contributed by atoms with Gasteiger partial charge in [0.25, 0.3) is 0 Å². The van der Waals surface area contributed by atoms with Crippen LogP contribution in [0.3, 0.4) is 0 Å². The second kappa shape index (κ2) is 8.89. The standard InChI is InChI=1S/C18H30N4O2/c1-14(2)17(22-10-8-21(3)9-11-22)13-19-18(23)20-15-6-5-7-16(12-15)24-4/h5-7,12,14,17H,8-11,13H2,1-4H3,(H2,19,20,23)/t17-/m0/s1. The van der Waals surface area contributed by atoms with Crippen LogP contribution in [0.5, 0.6) is 5.75 Å². The quantitative estimate of drug-likeness (QED) is 0.836. The number of nitrogens with zero attached hydrogens (tertiary/aromatic N) is 2. The van der Waals surface area contributed by atoms with Crippen molar-refractivity contribution < 1.29 is 9.53 Å². The summed E-state index contributed by atoms with van der Waals surface area (Å²) < 4.78 is 5.17. The van der Waals surface area contributed by atoms with Gasteiger partial charge in [-0.05, 0) is 25.1 Å². The molecule has 0 aliphatic carbocycles. The fourth-order valence-electron chi connectivity index (χ4n) is 3.01. The molecular weight excluding hydrogens is 304 g/mol. The molecule has 0 radical (unpaired) electrons. The van der Waals surface area contributed by atoms with Gasteiger partial charge in [0.05, 0.1) is 7.11 Å². The highest BCUT2D eigenvalue weighted by atomic mass is 16.5. The van der Waals surface area contributed by atoms with Gasteiger partial charge in [-0.3, -0.25) is 4.90 Å². The van der Waals surface area contributed by atoms with Gasteiger partial charge in [0, 0.05) is 50.5 Å². The zero-order chi connectivity index (χ0) is 17.5. The summed E-state index contributed by atoms with van der Waals surface area (Å²) in [4.78, 5) is 17.0. The Labute approximate surface area is 145 Å². The molecule has 2 rings (SSSR count). The fourth-order valence-corrected chi connectivity index (χ4v) is 3.01. The molecule has 1 aromatic carbocycles.